The van der Waals surface area contributed by atoms with Gasteiger partial charge in [-0.1, -0.05) is 29.8 Å². The van der Waals surface area contributed by atoms with Crippen molar-refractivity contribution in [1.82, 2.24) is 4.98 Å². The lowest BCUT2D eigenvalue weighted by atomic mass is 10.1. The van der Waals surface area contributed by atoms with Gasteiger partial charge in [-0.2, -0.15) is 0 Å². The summed E-state index contributed by atoms with van der Waals surface area (Å²) in [5, 5.41) is 5.97. The Morgan fingerprint density at radius 2 is 1.95 bits per heavy atom. The molecular weight excluding hydrogens is 278 g/mol. The zero-order valence-corrected chi connectivity index (χ0v) is 12.9. The van der Waals surface area contributed by atoms with Crippen molar-refractivity contribution in [2.75, 3.05) is 30.9 Å². The lowest BCUT2D eigenvalue weighted by Gasteiger charge is -2.08. The number of aryl methyl sites for hydroxylation is 1. The molecule has 5 heteroatoms. The summed E-state index contributed by atoms with van der Waals surface area (Å²) in [5.74, 6) is 0.708. The first kappa shape index (κ1) is 16.0. The van der Waals surface area contributed by atoms with Crippen LogP contribution in [0.5, 0.6) is 0 Å². The summed E-state index contributed by atoms with van der Waals surface area (Å²) in [7, 11) is 1.65. The average molecular weight is 299 g/mol. The number of amides is 1. The van der Waals surface area contributed by atoms with Crippen LogP contribution in [0.4, 0.5) is 11.5 Å². The predicted molar refractivity (Wildman–Crippen MR) is 88.1 cm³/mol. The second-order valence-electron chi connectivity index (χ2n) is 5.06. The minimum Gasteiger partial charge on any atom is -0.383 e. The van der Waals surface area contributed by atoms with E-state index in [0.717, 1.165) is 11.4 Å². The predicted octanol–water partition coefficient (Wildman–Crippen LogP) is 2.63. The molecule has 0 fully saturated rings. The molecule has 0 bridgehead atoms. The molecule has 0 saturated carbocycles. The Balaban J connectivity index is 1.84. The van der Waals surface area contributed by atoms with E-state index in [2.05, 4.69) is 15.6 Å². The smallest absolute Gasteiger partial charge is 0.228 e. The van der Waals surface area contributed by atoms with E-state index in [1.165, 1.54) is 5.56 Å². The SMILES string of the molecule is COCCNc1ccc(NC(=O)Cc2ccc(C)cc2)cn1. The molecule has 2 rings (SSSR count). The van der Waals surface area contributed by atoms with Crippen molar-refractivity contribution in [3.63, 3.8) is 0 Å². The van der Waals surface area contributed by atoms with Crippen molar-refractivity contribution in [2.45, 2.75) is 13.3 Å². The number of benzene rings is 1. The fourth-order valence-corrected chi connectivity index (χ4v) is 1.95. The molecule has 116 valence electrons. The second-order valence-corrected chi connectivity index (χ2v) is 5.06. The fourth-order valence-electron chi connectivity index (χ4n) is 1.95. The van der Waals surface area contributed by atoms with Gasteiger partial charge in [-0.05, 0) is 24.6 Å². The number of hydrogen-bond donors (Lipinski definition) is 2. The maximum Gasteiger partial charge on any atom is 0.228 e. The van der Waals surface area contributed by atoms with Crippen molar-refractivity contribution in [2.24, 2.45) is 0 Å². The third-order valence-corrected chi connectivity index (χ3v) is 3.14. The Bertz CT molecular complexity index is 594. The van der Waals surface area contributed by atoms with Crippen molar-refractivity contribution in [3.8, 4) is 0 Å². The molecule has 1 heterocycles. The number of methoxy groups -OCH3 is 1. The molecule has 22 heavy (non-hydrogen) atoms. The van der Waals surface area contributed by atoms with Crippen LogP contribution in [0.15, 0.2) is 42.6 Å². The molecule has 0 aliphatic carbocycles. The van der Waals surface area contributed by atoms with E-state index in [-0.39, 0.29) is 5.91 Å². The molecule has 5 nitrogen and oxygen atoms in total. The van der Waals surface area contributed by atoms with E-state index in [0.29, 0.717) is 25.3 Å². The van der Waals surface area contributed by atoms with E-state index in [1.54, 1.807) is 13.3 Å². The maximum absolute atomic E-state index is 12.0. The lowest BCUT2D eigenvalue weighted by molar-refractivity contribution is -0.115. The second kappa shape index (κ2) is 8.14. The van der Waals surface area contributed by atoms with Gasteiger partial charge in [0, 0.05) is 13.7 Å². The van der Waals surface area contributed by atoms with Gasteiger partial charge in [0.15, 0.2) is 0 Å². The molecule has 0 saturated heterocycles. The van der Waals surface area contributed by atoms with E-state index in [4.69, 9.17) is 4.74 Å². The molecule has 1 amide bonds. The van der Waals surface area contributed by atoms with Gasteiger partial charge in [-0.3, -0.25) is 4.79 Å². The molecular formula is C17H21N3O2. The number of nitrogens with one attached hydrogen (secondary N) is 2. The summed E-state index contributed by atoms with van der Waals surface area (Å²) in [5.41, 5.74) is 2.87. The Hall–Kier alpha value is -2.40. The molecule has 0 radical (unpaired) electrons. The van der Waals surface area contributed by atoms with Gasteiger partial charge in [0.1, 0.15) is 5.82 Å². The normalized spacial score (nSPS) is 10.3. The number of aromatic nitrogens is 1. The van der Waals surface area contributed by atoms with Gasteiger partial charge in [0.05, 0.1) is 24.9 Å². The van der Waals surface area contributed by atoms with Crippen molar-refractivity contribution in [3.05, 3.63) is 53.7 Å². The van der Waals surface area contributed by atoms with Crippen LogP contribution in [-0.4, -0.2) is 31.2 Å². The minimum absolute atomic E-state index is 0.0502. The summed E-state index contributed by atoms with van der Waals surface area (Å²) in [4.78, 5) is 16.2. The number of carbonyl (C=O) groups excluding carboxylic acids is 1. The molecule has 0 aliphatic rings. The highest BCUT2D eigenvalue weighted by atomic mass is 16.5. The van der Waals surface area contributed by atoms with Crippen LogP contribution < -0.4 is 10.6 Å². The van der Waals surface area contributed by atoms with Crippen LogP contribution in [0.3, 0.4) is 0 Å². The highest BCUT2D eigenvalue weighted by molar-refractivity contribution is 5.92. The lowest BCUT2D eigenvalue weighted by Crippen LogP contribution is -2.15. The summed E-state index contributed by atoms with van der Waals surface area (Å²) >= 11 is 0. The summed E-state index contributed by atoms with van der Waals surface area (Å²) in [6.07, 6.45) is 2.00. The number of hydrogen-bond acceptors (Lipinski definition) is 4. The van der Waals surface area contributed by atoms with Crippen molar-refractivity contribution in [1.29, 1.82) is 0 Å². The van der Waals surface area contributed by atoms with Crippen LogP contribution in [0.2, 0.25) is 0 Å². The highest BCUT2D eigenvalue weighted by Gasteiger charge is 2.04. The first-order valence-electron chi connectivity index (χ1n) is 7.21. The summed E-state index contributed by atoms with van der Waals surface area (Å²) < 4.78 is 4.96. The molecule has 2 N–H and O–H groups in total. The Kier molecular flexibility index (Phi) is 5.91. The number of anilines is 2. The molecule has 0 unspecified atom stereocenters. The highest BCUT2D eigenvalue weighted by Crippen LogP contribution is 2.11. The van der Waals surface area contributed by atoms with E-state index in [1.807, 2.05) is 43.3 Å². The standard InChI is InChI=1S/C17H21N3O2/c1-13-3-5-14(6-4-13)11-17(21)20-15-7-8-16(19-12-15)18-9-10-22-2/h3-8,12H,9-11H2,1-2H3,(H,18,19)(H,20,21). The number of carbonyl (C=O) groups is 1. The van der Waals surface area contributed by atoms with E-state index >= 15 is 0 Å². The van der Waals surface area contributed by atoms with Crippen molar-refractivity contribution >= 4 is 17.4 Å². The Labute approximate surface area is 130 Å². The van der Waals surface area contributed by atoms with Gasteiger partial charge in [0.2, 0.25) is 5.91 Å². The third-order valence-electron chi connectivity index (χ3n) is 3.14. The molecule has 0 atom stereocenters. The number of rotatable bonds is 7. The molecule has 1 aromatic heterocycles. The molecule has 0 spiro atoms. The van der Waals surface area contributed by atoms with Crippen LogP contribution in [-0.2, 0) is 16.0 Å². The average Bonchev–Trinajstić information content (AvgIpc) is 2.51. The number of nitrogens with zero attached hydrogens (tertiary/aromatic N) is 1. The largest absolute Gasteiger partial charge is 0.383 e. The van der Waals surface area contributed by atoms with Crippen LogP contribution in [0.25, 0.3) is 0 Å². The quantitative estimate of drug-likeness (QED) is 0.772. The van der Waals surface area contributed by atoms with Gasteiger partial charge in [-0.15, -0.1) is 0 Å². The minimum atomic E-state index is -0.0502. The first-order chi connectivity index (χ1) is 10.7. The number of pyridine rings is 1. The first-order valence-corrected chi connectivity index (χ1v) is 7.21. The Morgan fingerprint density at radius 3 is 2.59 bits per heavy atom. The monoisotopic (exact) mass is 299 g/mol. The van der Waals surface area contributed by atoms with E-state index < -0.39 is 0 Å². The van der Waals surface area contributed by atoms with Crippen molar-refractivity contribution < 1.29 is 9.53 Å². The van der Waals surface area contributed by atoms with Crippen LogP contribution >= 0.6 is 0 Å². The zero-order valence-electron chi connectivity index (χ0n) is 12.9. The van der Waals surface area contributed by atoms with Gasteiger partial charge in [-0.25, -0.2) is 4.98 Å². The number of ether oxygens (including phenoxy) is 1. The molecule has 2 aromatic rings. The summed E-state index contributed by atoms with van der Waals surface area (Å²) in [6, 6.07) is 11.6. The molecule has 1 aromatic carbocycles. The van der Waals surface area contributed by atoms with Gasteiger partial charge >= 0.3 is 0 Å². The third kappa shape index (κ3) is 5.18. The fraction of sp³-hybridized carbons (Fsp3) is 0.294. The van der Waals surface area contributed by atoms with Crippen LogP contribution in [0.1, 0.15) is 11.1 Å². The molecule has 0 aliphatic heterocycles. The van der Waals surface area contributed by atoms with Gasteiger partial charge in [0.25, 0.3) is 0 Å². The maximum atomic E-state index is 12.0. The summed E-state index contributed by atoms with van der Waals surface area (Å²) in [6.45, 7) is 3.34. The zero-order chi connectivity index (χ0) is 15.8. The van der Waals surface area contributed by atoms with Gasteiger partial charge < -0.3 is 15.4 Å². The topological polar surface area (TPSA) is 63.2 Å². The Morgan fingerprint density at radius 1 is 1.18 bits per heavy atom. The van der Waals surface area contributed by atoms with Crippen LogP contribution in [0, 0.1) is 6.92 Å². The van der Waals surface area contributed by atoms with E-state index in [9.17, 15) is 4.79 Å².